The standard InChI is InChI=1S/C36H67NO6/c1-2-3-4-5-6-7-8-9-10-11-12-13-14-15-16-17-18-19-23-30-37(31-24-20-27-34(38)39,32-25-21-28-35(40)41)33-26-22-29-36(42)43/h2-3H,4-33H2,1H3,(H2-,38,39,40,41,42,43)/p+1/b3-2+. The van der Waals surface area contributed by atoms with Crippen LogP contribution >= 0.6 is 0 Å². The molecule has 0 aromatic carbocycles. The molecule has 0 aromatic rings. The minimum atomic E-state index is -0.766. The van der Waals surface area contributed by atoms with Crippen LogP contribution in [0.5, 0.6) is 0 Å². The van der Waals surface area contributed by atoms with Crippen LogP contribution in [-0.2, 0) is 14.4 Å². The molecule has 0 saturated heterocycles. The van der Waals surface area contributed by atoms with E-state index in [2.05, 4.69) is 19.1 Å². The molecular formula is C36H68NO6+. The third-order valence-electron chi connectivity index (χ3n) is 8.81. The van der Waals surface area contributed by atoms with Crippen molar-refractivity contribution >= 4 is 17.9 Å². The molecule has 0 rings (SSSR count). The van der Waals surface area contributed by atoms with Gasteiger partial charge in [0.15, 0.2) is 0 Å². The van der Waals surface area contributed by atoms with E-state index in [1.165, 1.54) is 103 Å². The highest BCUT2D eigenvalue weighted by Crippen LogP contribution is 2.20. The van der Waals surface area contributed by atoms with Crippen LogP contribution < -0.4 is 0 Å². The van der Waals surface area contributed by atoms with E-state index in [0.717, 1.165) is 56.3 Å². The van der Waals surface area contributed by atoms with E-state index in [9.17, 15) is 14.4 Å². The van der Waals surface area contributed by atoms with E-state index in [1.807, 2.05) is 0 Å². The lowest BCUT2D eigenvalue weighted by molar-refractivity contribution is -0.929. The Bertz CT molecular complexity index is 653. The SMILES string of the molecule is C/C=C/CCCCCCCCCCCCCCCCCC[N+](CCCCC(=O)O)(CCCCC(=O)O)CCCCC(=O)O. The van der Waals surface area contributed by atoms with Gasteiger partial charge in [-0.1, -0.05) is 95.6 Å². The first-order valence-electron chi connectivity index (χ1n) is 17.9. The van der Waals surface area contributed by atoms with Gasteiger partial charge in [0.25, 0.3) is 0 Å². The van der Waals surface area contributed by atoms with Gasteiger partial charge in [-0.3, -0.25) is 14.4 Å². The van der Waals surface area contributed by atoms with Gasteiger partial charge in [0.2, 0.25) is 0 Å². The fraction of sp³-hybridized carbons (Fsp3) is 0.861. The van der Waals surface area contributed by atoms with Gasteiger partial charge < -0.3 is 19.8 Å². The molecule has 0 unspecified atom stereocenters. The normalized spacial score (nSPS) is 11.8. The molecular weight excluding hydrogens is 542 g/mol. The Hall–Kier alpha value is -1.89. The van der Waals surface area contributed by atoms with E-state index in [1.54, 1.807) is 0 Å². The number of unbranched alkanes of at least 4 members (excludes halogenated alkanes) is 19. The Morgan fingerprint density at radius 2 is 0.674 bits per heavy atom. The Morgan fingerprint density at radius 3 is 0.953 bits per heavy atom. The minimum Gasteiger partial charge on any atom is -0.481 e. The highest BCUT2D eigenvalue weighted by Gasteiger charge is 2.26. The first kappa shape index (κ1) is 41.1. The summed E-state index contributed by atoms with van der Waals surface area (Å²) >= 11 is 0. The summed E-state index contributed by atoms with van der Waals surface area (Å²) in [6.07, 6.45) is 31.9. The second-order valence-electron chi connectivity index (χ2n) is 12.8. The summed E-state index contributed by atoms with van der Waals surface area (Å²) in [5.74, 6) is -2.30. The maximum Gasteiger partial charge on any atom is 0.303 e. The van der Waals surface area contributed by atoms with Crippen LogP contribution in [0, 0.1) is 0 Å². The third-order valence-corrected chi connectivity index (χ3v) is 8.81. The Kier molecular flexibility index (Phi) is 28.8. The Morgan fingerprint density at radius 1 is 0.419 bits per heavy atom. The second-order valence-corrected chi connectivity index (χ2v) is 12.8. The lowest BCUT2D eigenvalue weighted by Crippen LogP contribution is -2.51. The summed E-state index contributed by atoms with van der Waals surface area (Å²) < 4.78 is 0.870. The molecule has 0 fully saturated rings. The Labute approximate surface area is 264 Å². The van der Waals surface area contributed by atoms with Crippen molar-refractivity contribution in [3.63, 3.8) is 0 Å². The van der Waals surface area contributed by atoms with Crippen LogP contribution in [0.15, 0.2) is 12.2 Å². The number of carboxylic acid groups (broad SMARTS) is 3. The van der Waals surface area contributed by atoms with Gasteiger partial charge in [-0.15, -0.1) is 0 Å². The van der Waals surface area contributed by atoms with E-state index in [-0.39, 0.29) is 19.3 Å². The predicted octanol–water partition coefficient (Wildman–Crippen LogP) is 9.78. The smallest absolute Gasteiger partial charge is 0.303 e. The van der Waals surface area contributed by atoms with Crippen LogP contribution in [0.3, 0.4) is 0 Å². The molecule has 0 aliphatic heterocycles. The van der Waals surface area contributed by atoms with Gasteiger partial charge in [0.1, 0.15) is 0 Å². The van der Waals surface area contributed by atoms with Gasteiger partial charge in [0, 0.05) is 19.3 Å². The number of carboxylic acids is 3. The average Bonchev–Trinajstić information content (AvgIpc) is 2.96. The van der Waals surface area contributed by atoms with Gasteiger partial charge in [-0.2, -0.15) is 0 Å². The topological polar surface area (TPSA) is 112 Å². The fourth-order valence-corrected chi connectivity index (χ4v) is 6.19. The van der Waals surface area contributed by atoms with Crippen molar-refractivity contribution in [1.82, 2.24) is 0 Å². The first-order chi connectivity index (χ1) is 20.8. The molecule has 3 N–H and O–H groups in total. The maximum atomic E-state index is 11.0. The predicted molar refractivity (Wildman–Crippen MR) is 177 cm³/mol. The van der Waals surface area contributed by atoms with Crippen molar-refractivity contribution < 1.29 is 34.2 Å². The van der Waals surface area contributed by atoms with Crippen molar-refractivity contribution in [3.05, 3.63) is 12.2 Å². The van der Waals surface area contributed by atoms with Crippen LogP contribution in [0.1, 0.15) is 174 Å². The lowest BCUT2D eigenvalue weighted by atomic mass is 10.0. The number of quaternary nitrogens is 1. The van der Waals surface area contributed by atoms with Crippen molar-refractivity contribution in [2.24, 2.45) is 0 Å². The highest BCUT2D eigenvalue weighted by atomic mass is 16.4. The molecule has 0 atom stereocenters. The number of hydrogen-bond donors (Lipinski definition) is 3. The van der Waals surface area contributed by atoms with Crippen molar-refractivity contribution in [2.45, 2.75) is 174 Å². The molecule has 252 valence electrons. The summed E-state index contributed by atoms with van der Waals surface area (Å²) in [5.41, 5.74) is 0. The summed E-state index contributed by atoms with van der Waals surface area (Å²) in [6.45, 7) is 5.79. The Balaban J connectivity index is 4.25. The zero-order valence-electron chi connectivity index (χ0n) is 27.9. The third kappa shape index (κ3) is 29.9. The molecule has 0 bridgehead atoms. The molecule has 0 saturated carbocycles. The summed E-state index contributed by atoms with van der Waals surface area (Å²) in [7, 11) is 0. The van der Waals surface area contributed by atoms with E-state index in [0.29, 0.717) is 19.3 Å². The van der Waals surface area contributed by atoms with Crippen LogP contribution in [-0.4, -0.2) is 63.9 Å². The molecule has 0 aliphatic carbocycles. The zero-order valence-corrected chi connectivity index (χ0v) is 27.9. The highest BCUT2D eigenvalue weighted by molar-refractivity contribution is 5.67. The van der Waals surface area contributed by atoms with Gasteiger partial charge in [0.05, 0.1) is 26.2 Å². The van der Waals surface area contributed by atoms with Crippen molar-refractivity contribution in [3.8, 4) is 0 Å². The molecule has 0 heterocycles. The summed E-state index contributed by atoms with van der Waals surface area (Å²) in [5, 5.41) is 27.2. The van der Waals surface area contributed by atoms with E-state index < -0.39 is 17.9 Å². The summed E-state index contributed by atoms with van der Waals surface area (Å²) in [4.78, 5) is 33.0. The zero-order chi connectivity index (χ0) is 31.9. The molecule has 7 heteroatoms. The van der Waals surface area contributed by atoms with Crippen LogP contribution in [0.2, 0.25) is 0 Å². The molecule has 0 aliphatic rings. The van der Waals surface area contributed by atoms with Gasteiger partial charge in [-0.05, 0) is 71.1 Å². The molecule has 7 nitrogen and oxygen atoms in total. The quantitative estimate of drug-likeness (QED) is 0.0380. The number of hydrogen-bond acceptors (Lipinski definition) is 3. The van der Waals surface area contributed by atoms with E-state index >= 15 is 0 Å². The molecule has 0 spiro atoms. The minimum absolute atomic E-state index is 0.176. The second kappa shape index (κ2) is 30.1. The average molecular weight is 611 g/mol. The van der Waals surface area contributed by atoms with Gasteiger partial charge in [-0.25, -0.2) is 0 Å². The number of aliphatic carboxylic acids is 3. The molecule has 0 amide bonds. The lowest BCUT2D eigenvalue weighted by Gasteiger charge is -2.39. The number of rotatable bonds is 34. The fourth-order valence-electron chi connectivity index (χ4n) is 6.19. The number of carbonyl (C=O) groups is 3. The van der Waals surface area contributed by atoms with E-state index in [4.69, 9.17) is 15.3 Å². The monoisotopic (exact) mass is 611 g/mol. The maximum absolute atomic E-state index is 11.0. The van der Waals surface area contributed by atoms with Crippen LogP contribution in [0.4, 0.5) is 0 Å². The number of nitrogens with zero attached hydrogens (tertiary/aromatic N) is 1. The molecule has 43 heavy (non-hydrogen) atoms. The summed E-state index contributed by atoms with van der Waals surface area (Å²) in [6, 6.07) is 0. The molecule has 0 aromatic heterocycles. The molecule has 0 radical (unpaired) electrons. The largest absolute Gasteiger partial charge is 0.481 e. The van der Waals surface area contributed by atoms with Crippen LogP contribution in [0.25, 0.3) is 0 Å². The van der Waals surface area contributed by atoms with Gasteiger partial charge >= 0.3 is 17.9 Å². The number of allylic oxidation sites excluding steroid dienone is 2. The van der Waals surface area contributed by atoms with Crippen molar-refractivity contribution in [2.75, 3.05) is 26.2 Å². The first-order valence-corrected chi connectivity index (χ1v) is 17.9. The van der Waals surface area contributed by atoms with Crippen molar-refractivity contribution in [1.29, 1.82) is 0 Å².